The topological polar surface area (TPSA) is 68.2 Å². The Bertz CT molecular complexity index is 933. The Hall–Kier alpha value is -2.85. The number of para-hydroxylation sites is 1. The number of alkyl halides is 5. The Kier molecular flexibility index (Phi) is 5.07. The smallest absolute Gasteiger partial charge is 0.406 e. The highest BCUT2D eigenvalue weighted by Crippen LogP contribution is 2.40. The zero-order valence-corrected chi connectivity index (χ0v) is 15.7. The van der Waals surface area contributed by atoms with Crippen molar-refractivity contribution in [3.05, 3.63) is 41.6 Å². The van der Waals surface area contributed by atoms with Crippen molar-refractivity contribution in [1.29, 1.82) is 0 Å². The fourth-order valence-corrected chi connectivity index (χ4v) is 3.87. The van der Waals surface area contributed by atoms with Crippen LogP contribution in [0.1, 0.15) is 47.6 Å². The highest BCUT2D eigenvalue weighted by molar-refractivity contribution is 6.00. The molecular formula is C19H19F5N4O2. The maximum atomic E-state index is 13.5. The standard InChI is InChI=1S/C19H19F5N4O2/c20-18(21)7-5-12(6-8-18)28-16-13(10-25-28)17(29)27-15(26-16)9-11-3-1-2-4-14(11)30-19(22,23)24/h1-4,10,12,15,26H,5-9H2,(H,27,29). The van der Waals surface area contributed by atoms with Crippen molar-refractivity contribution in [3.8, 4) is 5.75 Å². The number of rotatable bonds is 4. The van der Waals surface area contributed by atoms with E-state index in [4.69, 9.17) is 0 Å². The number of ether oxygens (including phenoxy) is 1. The highest BCUT2D eigenvalue weighted by atomic mass is 19.4. The van der Waals surface area contributed by atoms with Crippen LogP contribution in [0.2, 0.25) is 0 Å². The monoisotopic (exact) mass is 430 g/mol. The third-order valence-electron chi connectivity index (χ3n) is 5.31. The van der Waals surface area contributed by atoms with E-state index in [1.165, 1.54) is 29.1 Å². The molecule has 1 saturated carbocycles. The van der Waals surface area contributed by atoms with E-state index in [1.807, 2.05) is 0 Å². The Morgan fingerprint density at radius 1 is 1.17 bits per heavy atom. The molecular weight excluding hydrogens is 411 g/mol. The van der Waals surface area contributed by atoms with E-state index < -0.39 is 24.4 Å². The summed E-state index contributed by atoms with van der Waals surface area (Å²) in [5, 5.41) is 9.96. The number of fused-ring (bicyclic) bond motifs is 1. The summed E-state index contributed by atoms with van der Waals surface area (Å²) in [5.41, 5.74) is 0.517. The van der Waals surface area contributed by atoms with Gasteiger partial charge in [-0.1, -0.05) is 18.2 Å². The molecule has 0 spiro atoms. The average molecular weight is 430 g/mol. The number of amides is 1. The number of hydrogen-bond donors (Lipinski definition) is 2. The van der Waals surface area contributed by atoms with Gasteiger partial charge in [-0.2, -0.15) is 5.10 Å². The SMILES string of the molecule is O=C1NC(Cc2ccccc2OC(F)(F)F)Nc2c1cnn2C1CCC(F)(F)CC1. The Labute approximate surface area is 168 Å². The Morgan fingerprint density at radius 2 is 1.87 bits per heavy atom. The van der Waals surface area contributed by atoms with Gasteiger partial charge >= 0.3 is 6.36 Å². The summed E-state index contributed by atoms with van der Waals surface area (Å²) in [6.07, 6.45) is -4.26. The molecule has 2 N–H and O–H groups in total. The van der Waals surface area contributed by atoms with E-state index >= 15 is 0 Å². The third kappa shape index (κ3) is 4.34. The summed E-state index contributed by atoms with van der Waals surface area (Å²) >= 11 is 0. The molecule has 4 rings (SSSR count). The molecule has 6 nitrogen and oxygen atoms in total. The Morgan fingerprint density at radius 3 is 2.57 bits per heavy atom. The largest absolute Gasteiger partial charge is 0.573 e. The number of halogens is 5. The average Bonchev–Trinajstić information content (AvgIpc) is 3.07. The predicted octanol–water partition coefficient (Wildman–Crippen LogP) is 4.26. The second-order valence-electron chi connectivity index (χ2n) is 7.47. The van der Waals surface area contributed by atoms with Crippen molar-refractivity contribution in [3.63, 3.8) is 0 Å². The summed E-state index contributed by atoms with van der Waals surface area (Å²) in [5.74, 6) is -3.10. The molecule has 0 saturated heterocycles. The van der Waals surface area contributed by atoms with Gasteiger partial charge in [-0.05, 0) is 24.5 Å². The molecule has 1 aromatic carbocycles. The van der Waals surface area contributed by atoms with Crippen molar-refractivity contribution in [2.45, 2.75) is 56.6 Å². The molecule has 2 aromatic rings. The van der Waals surface area contributed by atoms with Crippen LogP contribution in [-0.4, -0.2) is 34.1 Å². The molecule has 1 atom stereocenters. The van der Waals surface area contributed by atoms with Gasteiger partial charge in [0.2, 0.25) is 5.92 Å². The minimum absolute atomic E-state index is 0.0192. The van der Waals surface area contributed by atoms with Gasteiger partial charge in [0.05, 0.1) is 12.2 Å². The molecule has 30 heavy (non-hydrogen) atoms. The number of nitrogens with one attached hydrogen (secondary N) is 2. The van der Waals surface area contributed by atoms with Crippen LogP contribution >= 0.6 is 0 Å². The first-order chi connectivity index (χ1) is 14.1. The minimum atomic E-state index is -4.84. The van der Waals surface area contributed by atoms with Crippen molar-refractivity contribution >= 4 is 11.7 Å². The first-order valence-electron chi connectivity index (χ1n) is 9.48. The number of carbonyl (C=O) groups excluding carboxylic acids is 1. The van der Waals surface area contributed by atoms with Crippen LogP contribution < -0.4 is 15.4 Å². The first-order valence-corrected chi connectivity index (χ1v) is 9.48. The number of anilines is 1. The number of hydrogen-bond acceptors (Lipinski definition) is 4. The molecule has 1 aliphatic carbocycles. The van der Waals surface area contributed by atoms with Gasteiger partial charge in [0.25, 0.3) is 5.91 Å². The molecule has 11 heteroatoms. The third-order valence-corrected chi connectivity index (χ3v) is 5.31. The van der Waals surface area contributed by atoms with Crippen LogP contribution in [0.15, 0.2) is 30.5 Å². The predicted molar refractivity (Wildman–Crippen MR) is 96.4 cm³/mol. The molecule has 0 bridgehead atoms. The van der Waals surface area contributed by atoms with E-state index in [1.54, 1.807) is 6.07 Å². The summed E-state index contributed by atoms with van der Waals surface area (Å²) in [6.45, 7) is 0. The maximum Gasteiger partial charge on any atom is 0.573 e. The normalized spacial score (nSPS) is 21.5. The number of carbonyl (C=O) groups is 1. The molecule has 1 unspecified atom stereocenters. The molecule has 1 aliphatic heterocycles. The van der Waals surface area contributed by atoms with Gasteiger partial charge in [-0.15, -0.1) is 13.2 Å². The first kappa shape index (κ1) is 20.4. The lowest BCUT2D eigenvalue weighted by atomic mass is 9.92. The summed E-state index contributed by atoms with van der Waals surface area (Å²) in [7, 11) is 0. The van der Waals surface area contributed by atoms with Crippen LogP contribution in [-0.2, 0) is 6.42 Å². The van der Waals surface area contributed by atoms with Gasteiger partial charge in [0.15, 0.2) is 0 Å². The molecule has 2 aliphatic rings. The van der Waals surface area contributed by atoms with E-state index in [0.717, 1.165) is 0 Å². The van der Waals surface area contributed by atoms with Gasteiger partial charge in [-0.25, -0.2) is 13.5 Å². The lowest BCUT2D eigenvalue weighted by Gasteiger charge is -2.32. The molecule has 1 aromatic heterocycles. The van der Waals surface area contributed by atoms with Crippen LogP contribution in [0.25, 0.3) is 0 Å². The van der Waals surface area contributed by atoms with E-state index in [2.05, 4.69) is 20.5 Å². The summed E-state index contributed by atoms with van der Waals surface area (Å²) in [6, 6.07) is 5.38. The van der Waals surface area contributed by atoms with E-state index in [-0.39, 0.29) is 55.0 Å². The molecule has 1 fully saturated rings. The molecule has 0 radical (unpaired) electrons. The minimum Gasteiger partial charge on any atom is -0.406 e. The van der Waals surface area contributed by atoms with Crippen molar-refractivity contribution in [2.75, 3.05) is 5.32 Å². The summed E-state index contributed by atoms with van der Waals surface area (Å²) < 4.78 is 70.5. The van der Waals surface area contributed by atoms with Crippen molar-refractivity contribution < 1.29 is 31.5 Å². The fraction of sp³-hybridized carbons (Fsp3) is 0.474. The Balaban J connectivity index is 1.53. The van der Waals surface area contributed by atoms with Crippen LogP contribution in [0.5, 0.6) is 5.75 Å². The zero-order chi connectivity index (χ0) is 21.5. The quantitative estimate of drug-likeness (QED) is 0.712. The highest BCUT2D eigenvalue weighted by Gasteiger charge is 2.38. The van der Waals surface area contributed by atoms with Crippen LogP contribution in [0, 0.1) is 0 Å². The number of aromatic nitrogens is 2. The second-order valence-corrected chi connectivity index (χ2v) is 7.47. The van der Waals surface area contributed by atoms with Gasteiger partial charge in [-0.3, -0.25) is 4.79 Å². The fourth-order valence-electron chi connectivity index (χ4n) is 3.87. The lowest BCUT2D eigenvalue weighted by Crippen LogP contribution is -2.47. The van der Waals surface area contributed by atoms with Crippen molar-refractivity contribution in [1.82, 2.24) is 15.1 Å². The van der Waals surface area contributed by atoms with Gasteiger partial charge in [0, 0.05) is 19.3 Å². The van der Waals surface area contributed by atoms with Gasteiger partial charge in [0.1, 0.15) is 23.3 Å². The zero-order valence-electron chi connectivity index (χ0n) is 15.7. The summed E-state index contributed by atoms with van der Waals surface area (Å²) in [4.78, 5) is 12.5. The maximum absolute atomic E-state index is 13.5. The lowest BCUT2D eigenvalue weighted by molar-refractivity contribution is -0.274. The van der Waals surface area contributed by atoms with E-state index in [0.29, 0.717) is 5.82 Å². The second kappa shape index (κ2) is 7.44. The van der Waals surface area contributed by atoms with Gasteiger partial charge < -0.3 is 15.4 Å². The molecule has 1 amide bonds. The van der Waals surface area contributed by atoms with Crippen LogP contribution in [0.4, 0.5) is 27.8 Å². The molecule has 2 heterocycles. The van der Waals surface area contributed by atoms with E-state index in [9.17, 15) is 26.7 Å². The van der Waals surface area contributed by atoms with Crippen molar-refractivity contribution in [2.24, 2.45) is 0 Å². The number of nitrogens with zero attached hydrogens (tertiary/aromatic N) is 2. The molecule has 162 valence electrons. The number of benzene rings is 1. The van der Waals surface area contributed by atoms with Crippen LogP contribution in [0.3, 0.4) is 0 Å².